The molecule has 3 heterocycles. The van der Waals surface area contributed by atoms with E-state index in [0.29, 0.717) is 16.8 Å². The highest BCUT2D eigenvalue weighted by atomic mass is 35.5. The lowest BCUT2D eigenvalue weighted by Crippen LogP contribution is -2.21. The Morgan fingerprint density at radius 2 is 2.35 bits per heavy atom. The molecule has 0 aromatic carbocycles. The molecule has 17 heavy (non-hydrogen) atoms. The number of aliphatic hydroxyl groups excluding tert-OH is 1. The van der Waals surface area contributed by atoms with Crippen LogP contribution in [0, 0.1) is 0 Å². The van der Waals surface area contributed by atoms with Crippen molar-refractivity contribution >= 4 is 11.6 Å². The van der Waals surface area contributed by atoms with E-state index in [1.54, 1.807) is 12.1 Å². The Morgan fingerprint density at radius 3 is 3.06 bits per heavy atom. The topological polar surface area (TPSA) is 64.1 Å². The first-order valence-electron chi connectivity index (χ1n) is 5.60. The number of aromatic nitrogens is 3. The van der Waals surface area contributed by atoms with Gasteiger partial charge >= 0.3 is 0 Å². The van der Waals surface area contributed by atoms with Gasteiger partial charge in [-0.25, -0.2) is 0 Å². The van der Waals surface area contributed by atoms with Crippen LogP contribution in [0.15, 0.2) is 16.5 Å². The lowest BCUT2D eigenvalue weighted by molar-refractivity contribution is 0.207. The molecule has 6 heteroatoms. The SMILES string of the molecule is OCC1CCCc2nnc(-c3ccc(Cl)o3)n21. The van der Waals surface area contributed by atoms with Crippen LogP contribution in [0.1, 0.15) is 24.7 Å². The van der Waals surface area contributed by atoms with E-state index in [4.69, 9.17) is 16.0 Å². The summed E-state index contributed by atoms with van der Waals surface area (Å²) >= 11 is 5.76. The summed E-state index contributed by atoms with van der Waals surface area (Å²) in [6.07, 6.45) is 2.85. The standard InChI is InChI=1S/C11H12ClN3O2/c12-9-5-4-8(17-9)11-14-13-10-3-1-2-7(6-16)15(10)11/h4-5,7,16H,1-3,6H2. The van der Waals surface area contributed by atoms with Crippen LogP contribution in [0.4, 0.5) is 0 Å². The third-order valence-corrected chi connectivity index (χ3v) is 3.28. The van der Waals surface area contributed by atoms with Gasteiger partial charge in [0.2, 0.25) is 0 Å². The second-order valence-electron chi connectivity index (χ2n) is 4.14. The van der Waals surface area contributed by atoms with E-state index in [1.165, 1.54) is 0 Å². The van der Waals surface area contributed by atoms with Crippen molar-refractivity contribution in [2.45, 2.75) is 25.3 Å². The summed E-state index contributed by atoms with van der Waals surface area (Å²) in [5.74, 6) is 2.14. The highest BCUT2D eigenvalue weighted by molar-refractivity contribution is 6.28. The van der Waals surface area contributed by atoms with Crippen LogP contribution < -0.4 is 0 Å². The molecule has 0 bridgehead atoms. The first kappa shape index (κ1) is 10.8. The van der Waals surface area contributed by atoms with Crippen LogP contribution in [0.5, 0.6) is 0 Å². The molecule has 2 aromatic rings. The number of aryl methyl sites for hydroxylation is 1. The van der Waals surface area contributed by atoms with Gasteiger partial charge in [0.1, 0.15) is 5.82 Å². The number of furan rings is 1. The number of rotatable bonds is 2. The lowest BCUT2D eigenvalue weighted by Gasteiger charge is -2.23. The average molecular weight is 254 g/mol. The summed E-state index contributed by atoms with van der Waals surface area (Å²) in [7, 11) is 0. The van der Waals surface area contributed by atoms with Gasteiger partial charge in [-0.15, -0.1) is 10.2 Å². The summed E-state index contributed by atoms with van der Waals surface area (Å²) in [6, 6.07) is 3.48. The summed E-state index contributed by atoms with van der Waals surface area (Å²) < 4.78 is 7.30. The monoisotopic (exact) mass is 253 g/mol. The molecular weight excluding hydrogens is 242 g/mol. The summed E-state index contributed by atoms with van der Waals surface area (Å²) in [5, 5.41) is 18.0. The molecule has 0 amide bonds. The van der Waals surface area contributed by atoms with Gasteiger partial charge in [0.05, 0.1) is 12.6 Å². The normalized spacial score (nSPS) is 19.3. The van der Waals surface area contributed by atoms with Crippen LogP contribution in [0.3, 0.4) is 0 Å². The van der Waals surface area contributed by atoms with Crippen molar-refractivity contribution in [3.05, 3.63) is 23.2 Å². The number of nitrogens with zero attached hydrogens (tertiary/aromatic N) is 3. The highest BCUT2D eigenvalue weighted by Crippen LogP contribution is 2.31. The number of halogens is 1. The van der Waals surface area contributed by atoms with E-state index in [1.807, 2.05) is 4.57 Å². The molecule has 1 atom stereocenters. The molecule has 3 rings (SSSR count). The molecule has 2 aromatic heterocycles. The Bertz CT molecular complexity index is 535. The van der Waals surface area contributed by atoms with Gasteiger partial charge in [-0.3, -0.25) is 0 Å². The molecule has 1 unspecified atom stereocenters. The van der Waals surface area contributed by atoms with Gasteiger partial charge in [0, 0.05) is 6.42 Å². The molecule has 1 aliphatic heterocycles. The van der Waals surface area contributed by atoms with Crippen molar-refractivity contribution in [1.29, 1.82) is 0 Å². The van der Waals surface area contributed by atoms with Crippen LogP contribution in [-0.2, 0) is 6.42 Å². The van der Waals surface area contributed by atoms with Crippen LogP contribution >= 0.6 is 11.6 Å². The highest BCUT2D eigenvalue weighted by Gasteiger charge is 2.26. The van der Waals surface area contributed by atoms with E-state index >= 15 is 0 Å². The van der Waals surface area contributed by atoms with Crippen molar-refractivity contribution in [3.63, 3.8) is 0 Å². The molecule has 0 saturated heterocycles. The number of fused-ring (bicyclic) bond motifs is 1. The molecule has 1 N–H and O–H groups in total. The third-order valence-electron chi connectivity index (χ3n) is 3.07. The molecule has 0 aliphatic carbocycles. The lowest BCUT2D eigenvalue weighted by atomic mass is 10.0. The number of hydrogen-bond acceptors (Lipinski definition) is 4. The largest absolute Gasteiger partial charge is 0.441 e. The number of aliphatic hydroxyl groups is 1. The minimum absolute atomic E-state index is 0.0348. The molecule has 5 nitrogen and oxygen atoms in total. The van der Waals surface area contributed by atoms with Crippen LogP contribution in [0.2, 0.25) is 5.22 Å². The van der Waals surface area contributed by atoms with Crippen molar-refractivity contribution in [3.8, 4) is 11.6 Å². The quantitative estimate of drug-likeness (QED) is 0.890. The molecule has 0 spiro atoms. The Labute approximate surface area is 103 Å². The minimum Gasteiger partial charge on any atom is -0.441 e. The van der Waals surface area contributed by atoms with Crippen LogP contribution in [0.25, 0.3) is 11.6 Å². The summed E-state index contributed by atoms with van der Waals surface area (Å²) in [4.78, 5) is 0. The van der Waals surface area contributed by atoms with E-state index in [9.17, 15) is 5.11 Å². The third kappa shape index (κ3) is 1.75. The predicted molar refractivity (Wildman–Crippen MR) is 61.8 cm³/mol. The molecular formula is C11H12ClN3O2. The second-order valence-corrected chi connectivity index (χ2v) is 4.51. The van der Waals surface area contributed by atoms with Crippen molar-refractivity contribution in [2.75, 3.05) is 6.61 Å². The van der Waals surface area contributed by atoms with Crippen molar-refractivity contribution < 1.29 is 9.52 Å². The van der Waals surface area contributed by atoms with E-state index in [0.717, 1.165) is 25.1 Å². The molecule has 0 radical (unpaired) electrons. The van der Waals surface area contributed by atoms with Gasteiger partial charge < -0.3 is 14.1 Å². The second kappa shape index (κ2) is 4.16. The Balaban J connectivity index is 2.09. The minimum atomic E-state index is 0.0348. The molecule has 0 fully saturated rings. The van der Waals surface area contributed by atoms with Crippen LogP contribution in [-0.4, -0.2) is 26.5 Å². The first-order chi connectivity index (χ1) is 8.29. The fourth-order valence-electron chi connectivity index (χ4n) is 2.28. The summed E-state index contributed by atoms with van der Waals surface area (Å²) in [6.45, 7) is 0.0898. The fourth-order valence-corrected chi connectivity index (χ4v) is 2.42. The maximum absolute atomic E-state index is 9.40. The Hall–Kier alpha value is -1.33. The zero-order chi connectivity index (χ0) is 11.8. The maximum atomic E-state index is 9.40. The summed E-state index contributed by atoms with van der Waals surface area (Å²) in [5.41, 5.74) is 0. The van der Waals surface area contributed by atoms with E-state index < -0.39 is 0 Å². The maximum Gasteiger partial charge on any atom is 0.200 e. The number of hydrogen-bond donors (Lipinski definition) is 1. The predicted octanol–water partition coefficient (Wildman–Crippen LogP) is 2.06. The van der Waals surface area contributed by atoms with E-state index in [-0.39, 0.29) is 12.6 Å². The first-order valence-corrected chi connectivity index (χ1v) is 5.97. The average Bonchev–Trinajstić information content (AvgIpc) is 2.94. The van der Waals surface area contributed by atoms with Gasteiger partial charge in [0.25, 0.3) is 0 Å². The van der Waals surface area contributed by atoms with Gasteiger partial charge in [-0.05, 0) is 36.6 Å². The van der Waals surface area contributed by atoms with Gasteiger partial charge in [-0.1, -0.05) is 0 Å². The Morgan fingerprint density at radius 1 is 1.47 bits per heavy atom. The van der Waals surface area contributed by atoms with E-state index in [2.05, 4.69) is 10.2 Å². The smallest absolute Gasteiger partial charge is 0.200 e. The Kier molecular flexibility index (Phi) is 2.64. The zero-order valence-corrected chi connectivity index (χ0v) is 9.89. The van der Waals surface area contributed by atoms with Crippen molar-refractivity contribution in [1.82, 2.24) is 14.8 Å². The zero-order valence-electron chi connectivity index (χ0n) is 9.14. The van der Waals surface area contributed by atoms with Gasteiger partial charge in [0.15, 0.2) is 16.8 Å². The molecule has 90 valence electrons. The molecule has 0 saturated carbocycles. The fraction of sp³-hybridized carbons (Fsp3) is 0.455. The van der Waals surface area contributed by atoms with Crippen molar-refractivity contribution in [2.24, 2.45) is 0 Å². The van der Waals surface area contributed by atoms with Gasteiger partial charge in [-0.2, -0.15) is 0 Å². The molecule has 1 aliphatic rings.